The van der Waals surface area contributed by atoms with Crippen LogP contribution in [0.5, 0.6) is 0 Å². The molecule has 1 atom stereocenters. The van der Waals surface area contributed by atoms with Crippen LogP contribution >= 0.6 is 0 Å². The van der Waals surface area contributed by atoms with E-state index in [0.717, 1.165) is 25.6 Å². The van der Waals surface area contributed by atoms with Gasteiger partial charge in [-0.3, -0.25) is 9.69 Å². The monoisotopic (exact) mass is 296 g/mol. The summed E-state index contributed by atoms with van der Waals surface area (Å²) in [6.45, 7) is 4.29. The van der Waals surface area contributed by atoms with Crippen molar-refractivity contribution in [2.45, 2.75) is 12.5 Å². The molecular formula is C15H18F2N2O2. The summed E-state index contributed by atoms with van der Waals surface area (Å²) in [7, 11) is 0. The summed E-state index contributed by atoms with van der Waals surface area (Å²) < 4.78 is 32.3. The maximum absolute atomic E-state index is 13.7. The minimum absolute atomic E-state index is 0.183. The number of halogens is 2. The zero-order chi connectivity index (χ0) is 14.8. The Labute approximate surface area is 122 Å². The fourth-order valence-corrected chi connectivity index (χ4v) is 3.01. The van der Waals surface area contributed by atoms with Crippen molar-refractivity contribution in [1.82, 2.24) is 9.80 Å². The van der Waals surface area contributed by atoms with Crippen molar-refractivity contribution in [3.05, 3.63) is 35.4 Å². The molecule has 2 fully saturated rings. The number of rotatable bonds is 2. The molecule has 2 saturated heterocycles. The van der Waals surface area contributed by atoms with Crippen molar-refractivity contribution in [3.8, 4) is 0 Å². The molecule has 6 heteroatoms. The normalized spacial score (nSPS) is 23.5. The van der Waals surface area contributed by atoms with E-state index in [1.165, 1.54) is 12.1 Å². The topological polar surface area (TPSA) is 32.8 Å². The molecule has 3 rings (SSSR count). The average Bonchev–Trinajstić information content (AvgIpc) is 3.00. The van der Waals surface area contributed by atoms with Gasteiger partial charge in [0.05, 0.1) is 18.8 Å². The van der Waals surface area contributed by atoms with Gasteiger partial charge in [-0.15, -0.1) is 0 Å². The van der Waals surface area contributed by atoms with Crippen molar-refractivity contribution in [2.75, 3.05) is 39.4 Å². The van der Waals surface area contributed by atoms with E-state index in [9.17, 15) is 13.6 Å². The van der Waals surface area contributed by atoms with Crippen LogP contribution in [-0.2, 0) is 4.74 Å². The van der Waals surface area contributed by atoms with Crippen LogP contribution in [-0.4, -0.2) is 61.1 Å². The molecule has 0 radical (unpaired) electrons. The lowest BCUT2D eigenvalue weighted by atomic mass is 10.2. The molecule has 0 aromatic heterocycles. The molecule has 1 aromatic rings. The molecule has 2 heterocycles. The summed E-state index contributed by atoms with van der Waals surface area (Å²) in [6.07, 6.45) is 0.864. The second kappa shape index (κ2) is 6.07. The van der Waals surface area contributed by atoms with Gasteiger partial charge in [0.1, 0.15) is 0 Å². The molecule has 0 bridgehead atoms. The highest BCUT2D eigenvalue weighted by Gasteiger charge is 2.32. The average molecular weight is 296 g/mol. The van der Waals surface area contributed by atoms with Gasteiger partial charge < -0.3 is 9.64 Å². The number of benzene rings is 1. The van der Waals surface area contributed by atoms with Gasteiger partial charge in [-0.25, -0.2) is 8.78 Å². The van der Waals surface area contributed by atoms with Gasteiger partial charge in [-0.2, -0.15) is 0 Å². The Morgan fingerprint density at radius 1 is 1.19 bits per heavy atom. The fraction of sp³-hybridized carbons (Fsp3) is 0.533. The van der Waals surface area contributed by atoms with E-state index in [0.29, 0.717) is 26.3 Å². The number of likely N-dealkylation sites (tertiary alicyclic amines) is 1. The quantitative estimate of drug-likeness (QED) is 0.829. The van der Waals surface area contributed by atoms with Gasteiger partial charge in [-0.05, 0) is 18.6 Å². The smallest absolute Gasteiger partial charge is 0.256 e. The predicted octanol–water partition coefficient (Wildman–Crippen LogP) is 1.51. The highest BCUT2D eigenvalue weighted by molar-refractivity contribution is 5.94. The van der Waals surface area contributed by atoms with Crippen molar-refractivity contribution >= 4 is 5.91 Å². The van der Waals surface area contributed by atoms with E-state index < -0.39 is 17.5 Å². The largest absolute Gasteiger partial charge is 0.379 e. The highest BCUT2D eigenvalue weighted by Crippen LogP contribution is 2.21. The van der Waals surface area contributed by atoms with Gasteiger partial charge in [0, 0.05) is 32.2 Å². The number of carbonyl (C=O) groups excluding carboxylic acids is 1. The molecule has 0 N–H and O–H groups in total. The molecule has 4 nitrogen and oxygen atoms in total. The van der Waals surface area contributed by atoms with Gasteiger partial charge in [-0.1, -0.05) is 6.07 Å². The molecule has 0 spiro atoms. The highest BCUT2D eigenvalue weighted by atomic mass is 19.2. The van der Waals surface area contributed by atoms with Crippen LogP contribution in [0, 0.1) is 11.6 Å². The minimum atomic E-state index is -1.06. The number of hydrogen-bond acceptors (Lipinski definition) is 3. The van der Waals surface area contributed by atoms with Crippen LogP contribution in [0.1, 0.15) is 16.8 Å². The second-order valence-electron chi connectivity index (χ2n) is 5.44. The lowest BCUT2D eigenvalue weighted by Gasteiger charge is -2.32. The Balaban J connectivity index is 1.68. The van der Waals surface area contributed by atoms with E-state index in [-0.39, 0.29) is 11.6 Å². The summed E-state index contributed by atoms with van der Waals surface area (Å²) in [4.78, 5) is 16.2. The maximum Gasteiger partial charge on any atom is 0.256 e. The Morgan fingerprint density at radius 3 is 2.71 bits per heavy atom. The van der Waals surface area contributed by atoms with Crippen molar-refractivity contribution < 1.29 is 18.3 Å². The molecule has 1 unspecified atom stereocenters. The Morgan fingerprint density at radius 2 is 1.95 bits per heavy atom. The van der Waals surface area contributed by atoms with E-state index in [2.05, 4.69) is 4.90 Å². The molecule has 0 aliphatic carbocycles. The SMILES string of the molecule is O=C(c1cccc(F)c1F)N1CCC(N2CCOCC2)C1. The number of morpholine rings is 1. The van der Waals surface area contributed by atoms with Crippen LogP contribution in [0.4, 0.5) is 8.78 Å². The number of carbonyl (C=O) groups is 1. The summed E-state index contributed by atoms with van der Waals surface area (Å²) in [5.41, 5.74) is -0.183. The molecule has 1 aromatic carbocycles. The molecule has 21 heavy (non-hydrogen) atoms. The third kappa shape index (κ3) is 2.91. The number of hydrogen-bond donors (Lipinski definition) is 0. The number of ether oxygens (including phenoxy) is 1. The van der Waals surface area contributed by atoms with Crippen molar-refractivity contribution in [2.24, 2.45) is 0 Å². The first-order chi connectivity index (χ1) is 10.2. The lowest BCUT2D eigenvalue weighted by Crippen LogP contribution is -2.45. The number of amides is 1. The minimum Gasteiger partial charge on any atom is -0.379 e. The standard InChI is InChI=1S/C15H18F2N2O2/c16-13-3-1-2-12(14(13)17)15(20)19-5-4-11(10-19)18-6-8-21-9-7-18/h1-3,11H,4-10H2. The fourth-order valence-electron chi connectivity index (χ4n) is 3.01. The van der Waals surface area contributed by atoms with E-state index >= 15 is 0 Å². The van der Waals surface area contributed by atoms with Crippen molar-refractivity contribution in [1.29, 1.82) is 0 Å². The van der Waals surface area contributed by atoms with E-state index in [1.54, 1.807) is 4.90 Å². The summed E-state index contributed by atoms with van der Waals surface area (Å²) in [6, 6.07) is 4.01. The summed E-state index contributed by atoms with van der Waals surface area (Å²) >= 11 is 0. The van der Waals surface area contributed by atoms with Gasteiger partial charge in [0.25, 0.3) is 5.91 Å². The summed E-state index contributed by atoms with van der Waals surface area (Å²) in [5, 5.41) is 0. The molecular weight excluding hydrogens is 278 g/mol. The van der Waals surface area contributed by atoms with Crippen LogP contribution in [0.3, 0.4) is 0 Å². The first-order valence-electron chi connectivity index (χ1n) is 7.22. The van der Waals surface area contributed by atoms with Crippen LogP contribution in [0.15, 0.2) is 18.2 Å². The maximum atomic E-state index is 13.7. The molecule has 1 amide bonds. The van der Waals surface area contributed by atoms with Crippen LogP contribution in [0.2, 0.25) is 0 Å². The van der Waals surface area contributed by atoms with Gasteiger partial charge in [0.2, 0.25) is 0 Å². The summed E-state index contributed by atoms with van der Waals surface area (Å²) in [5.74, 6) is -2.47. The zero-order valence-corrected chi connectivity index (χ0v) is 11.7. The molecule has 2 aliphatic rings. The molecule has 114 valence electrons. The third-order valence-electron chi connectivity index (χ3n) is 4.19. The molecule has 0 saturated carbocycles. The zero-order valence-electron chi connectivity index (χ0n) is 11.7. The Hall–Kier alpha value is -1.53. The van der Waals surface area contributed by atoms with Gasteiger partial charge >= 0.3 is 0 Å². The van der Waals surface area contributed by atoms with Crippen molar-refractivity contribution in [3.63, 3.8) is 0 Å². The third-order valence-corrected chi connectivity index (χ3v) is 4.19. The lowest BCUT2D eigenvalue weighted by molar-refractivity contribution is 0.0185. The predicted molar refractivity (Wildman–Crippen MR) is 73.1 cm³/mol. The first kappa shape index (κ1) is 14.4. The van der Waals surface area contributed by atoms with E-state index in [1.807, 2.05) is 0 Å². The van der Waals surface area contributed by atoms with Crippen LogP contribution in [0.25, 0.3) is 0 Å². The molecule has 2 aliphatic heterocycles. The first-order valence-corrected chi connectivity index (χ1v) is 7.22. The Bertz CT molecular complexity index is 532. The Kier molecular flexibility index (Phi) is 4.17. The van der Waals surface area contributed by atoms with E-state index in [4.69, 9.17) is 4.74 Å². The van der Waals surface area contributed by atoms with Crippen LogP contribution < -0.4 is 0 Å². The second-order valence-corrected chi connectivity index (χ2v) is 5.44. The number of nitrogens with zero attached hydrogens (tertiary/aromatic N) is 2. The van der Waals surface area contributed by atoms with Gasteiger partial charge in [0.15, 0.2) is 11.6 Å².